The fourth-order valence-corrected chi connectivity index (χ4v) is 4.35. The summed E-state index contributed by atoms with van der Waals surface area (Å²) in [5.74, 6) is 1.38. The van der Waals surface area contributed by atoms with Crippen LogP contribution in [0.25, 0.3) is 5.70 Å². The number of benzene rings is 2. The summed E-state index contributed by atoms with van der Waals surface area (Å²) in [7, 11) is 4.18. The minimum atomic E-state index is 0.0923. The predicted octanol–water partition coefficient (Wildman–Crippen LogP) is 4.95. The molecular weight excluding hydrogens is 471 g/mol. The predicted molar refractivity (Wildman–Crippen MR) is 157 cm³/mol. The van der Waals surface area contributed by atoms with E-state index in [4.69, 9.17) is 4.74 Å². The van der Waals surface area contributed by atoms with Crippen molar-refractivity contribution in [2.45, 2.75) is 27.7 Å². The number of allylic oxidation sites excluding steroid dienone is 2. The largest absolute Gasteiger partial charge is 0.457 e. The Morgan fingerprint density at radius 3 is 2.45 bits per heavy atom. The van der Waals surface area contributed by atoms with Crippen molar-refractivity contribution in [1.29, 1.82) is 5.26 Å². The number of pyridine rings is 1. The molecule has 0 saturated carbocycles. The minimum Gasteiger partial charge on any atom is -0.457 e. The first-order chi connectivity index (χ1) is 18.1. The van der Waals surface area contributed by atoms with Crippen molar-refractivity contribution in [3.63, 3.8) is 0 Å². The lowest BCUT2D eigenvalue weighted by molar-refractivity contribution is -0.110. The number of anilines is 1. The molecule has 0 spiro atoms. The third-order valence-electron chi connectivity index (χ3n) is 6.38. The molecule has 3 aromatic rings. The molecule has 6 nitrogen and oxygen atoms in total. The van der Waals surface area contributed by atoms with Crippen LogP contribution in [-0.2, 0) is 11.8 Å². The van der Waals surface area contributed by atoms with E-state index >= 15 is 0 Å². The zero-order chi connectivity index (χ0) is 28.0. The van der Waals surface area contributed by atoms with Crippen LogP contribution in [0.5, 0.6) is 11.5 Å². The highest BCUT2D eigenvalue weighted by Crippen LogP contribution is 2.33. The second-order valence-electron chi connectivity index (χ2n) is 9.30. The molecule has 0 unspecified atom stereocenters. The van der Waals surface area contributed by atoms with E-state index in [1.807, 2.05) is 86.9 Å². The molecule has 0 amide bonds. The molecule has 0 aliphatic carbocycles. The van der Waals surface area contributed by atoms with Crippen molar-refractivity contribution in [3.05, 3.63) is 107 Å². The van der Waals surface area contributed by atoms with Crippen LogP contribution >= 0.6 is 0 Å². The van der Waals surface area contributed by atoms with Gasteiger partial charge in [0.1, 0.15) is 23.1 Å². The monoisotopic (exact) mass is 504 g/mol. The number of hydrogen-bond acceptors (Lipinski definition) is 5. The Morgan fingerprint density at radius 1 is 1.11 bits per heavy atom. The number of ether oxygens (including phenoxy) is 1. The highest BCUT2D eigenvalue weighted by atomic mass is 16.5. The SMILES string of the molecule is C=C/N=c1/cc(Oc2ccc(N(C)/C(=C(\C#N)C=C)c3cc(BC(C)=O)c(C)cc3C)cc2C)ccn1C. The van der Waals surface area contributed by atoms with Crippen molar-refractivity contribution in [1.82, 2.24) is 4.57 Å². The van der Waals surface area contributed by atoms with E-state index in [0.29, 0.717) is 24.4 Å². The van der Waals surface area contributed by atoms with Gasteiger partial charge >= 0.3 is 0 Å². The number of aromatic nitrogens is 1. The van der Waals surface area contributed by atoms with E-state index in [-0.39, 0.29) is 5.68 Å². The van der Waals surface area contributed by atoms with E-state index in [2.05, 4.69) is 30.3 Å². The van der Waals surface area contributed by atoms with Gasteiger partial charge in [-0.15, -0.1) is 0 Å². The Bertz CT molecular complexity index is 1560. The van der Waals surface area contributed by atoms with Gasteiger partial charge in [0.2, 0.25) is 7.28 Å². The van der Waals surface area contributed by atoms with Crippen molar-refractivity contribution < 1.29 is 9.53 Å². The molecule has 0 fully saturated rings. The van der Waals surface area contributed by atoms with Crippen molar-refractivity contribution in [3.8, 4) is 17.6 Å². The third kappa shape index (κ3) is 6.22. The van der Waals surface area contributed by atoms with E-state index in [1.165, 1.54) is 6.20 Å². The van der Waals surface area contributed by atoms with Crippen LogP contribution in [0.1, 0.15) is 29.2 Å². The molecule has 1 heterocycles. The van der Waals surface area contributed by atoms with E-state index in [1.54, 1.807) is 13.0 Å². The molecule has 0 radical (unpaired) electrons. The van der Waals surface area contributed by atoms with Crippen molar-refractivity contribution in [2.24, 2.45) is 12.0 Å². The summed E-state index contributed by atoms with van der Waals surface area (Å²) >= 11 is 0. The standard InChI is InChI=1S/C31H33BN4O2/c1-9-24(19-33)31(27-18-28(32-23(6)37)21(4)15-20(27)3)36(8)25-11-12-29(22(5)16-25)38-26-13-14-35(7)30(17-26)34-10-2/h9-18,32H,1-2H2,3-8H3/b31-24-,34-30-. The van der Waals surface area contributed by atoms with Crippen molar-refractivity contribution in [2.75, 3.05) is 11.9 Å². The zero-order valence-electron chi connectivity index (χ0n) is 23.0. The maximum absolute atomic E-state index is 11.9. The van der Waals surface area contributed by atoms with Crippen LogP contribution in [0.3, 0.4) is 0 Å². The molecule has 2 aromatic carbocycles. The lowest BCUT2D eigenvalue weighted by Crippen LogP contribution is -2.26. The first kappa shape index (κ1) is 28.0. The summed E-state index contributed by atoms with van der Waals surface area (Å²) in [6.07, 6.45) is 4.95. The number of nitrogens with zero attached hydrogens (tertiary/aromatic N) is 4. The maximum atomic E-state index is 11.9. The van der Waals surface area contributed by atoms with Gasteiger partial charge in [0.25, 0.3) is 0 Å². The second kappa shape index (κ2) is 12.1. The topological polar surface area (TPSA) is 70.6 Å². The summed E-state index contributed by atoms with van der Waals surface area (Å²) in [5, 5.41) is 9.96. The molecule has 0 saturated heterocycles. The Labute approximate surface area is 225 Å². The van der Waals surface area contributed by atoms with E-state index in [9.17, 15) is 10.1 Å². The molecule has 38 heavy (non-hydrogen) atoms. The number of carbonyl (C=O) groups excluding carboxylic acids is 1. The molecule has 0 bridgehead atoms. The quantitative estimate of drug-likeness (QED) is 0.235. The zero-order valence-corrected chi connectivity index (χ0v) is 23.0. The Balaban J connectivity index is 2.06. The van der Waals surface area contributed by atoms with Crippen LogP contribution in [0, 0.1) is 32.1 Å². The molecule has 1 aromatic heterocycles. The molecule has 0 aliphatic rings. The molecule has 0 N–H and O–H groups in total. The molecule has 3 rings (SSSR count). The van der Waals surface area contributed by atoms with Crippen molar-refractivity contribution >= 4 is 29.8 Å². The molecule has 192 valence electrons. The fourth-order valence-electron chi connectivity index (χ4n) is 4.35. The van der Waals surface area contributed by atoms with Gasteiger partial charge < -0.3 is 19.0 Å². The highest BCUT2D eigenvalue weighted by Gasteiger charge is 2.19. The summed E-state index contributed by atoms with van der Waals surface area (Å²) in [6, 6.07) is 16.0. The highest BCUT2D eigenvalue weighted by molar-refractivity contribution is 6.84. The smallest absolute Gasteiger partial charge is 0.238 e. The van der Waals surface area contributed by atoms with Crippen LogP contribution < -0.4 is 20.6 Å². The number of aryl methyl sites for hydroxylation is 4. The molecule has 0 atom stereocenters. The first-order valence-electron chi connectivity index (χ1n) is 12.3. The number of hydrogen-bond donors (Lipinski definition) is 0. The number of carbonyl (C=O) groups is 1. The van der Waals surface area contributed by atoms with Gasteiger partial charge in [0.05, 0.1) is 17.0 Å². The van der Waals surface area contributed by atoms with E-state index in [0.717, 1.165) is 44.6 Å². The second-order valence-corrected chi connectivity index (χ2v) is 9.30. The number of rotatable bonds is 9. The van der Waals surface area contributed by atoms with Crippen LogP contribution in [0.2, 0.25) is 0 Å². The Morgan fingerprint density at radius 2 is 1.84 bits per heavy atom. The van der Waals surface area contributed by atoms with Gasteiger partial charge in [-0.25, -0.2) is 4.99 Å². The van der Waals surface area contributed by atoms with Gasteiger partial charge in [0.15, 0.2) is 0 Å². The number of nitriles is 1. The van der Waals surface area contributed by atoms with Crippen LogP contribution in [0.4, 0.5) is 5.69 Å². The van der Waals surface area contributed by atoms with Gasteiger partial charge in [-0.2, -0.15) is 5.26 Å². The van der Waals surface area contributed by atoms with Gasteiger partial charge in [-0.3, -0.25) is 0 Å². The lowest BCUT2D eigenvalue weighted by Gasteiger charge is -2.27. The Kier molecular flexibility index (Phi) is 8.93. The average molecular weight is 504 g/mol. The van der Waals surface area contributed by atoms with Gasteiger partial charge in [0, 0.05) is 43.8 Å². The van der Waals surface area contributed by atoms with Crippen LogP contribution in [0.15, 0.2) is 84.7 Å². The molecule has 7 heteroatoms. The third-order valence-corrected chi connectivity index (χ3v) is 6.38. The summed E-state index contributed by atoms with van der Waals surface area (Å²) in [5.41, 5.74) is 7.71. The van der Waals surface area contributed by atoms with Gasteiger partial charge in [-0.05, 0) is 69.2 Å². The van der Waals surface area contributed by atoms with Gasteiger partial charge in [-0.1, -0.05) is 36.3 Å². The molecular formula is C31H33BN4O2. The van der Waals surface area contributed by atoms with E-state index < -0.39 is 0 Å². The van der Waals surface area contributed by atoms with Crippen LogP contribution in [-0.4, -0.2) is 24.6 Å². The minimum absolute atomic E-state index is 0.0923. The average Bonchev–Trinajstić information content (AvgIpc) is 2.87. The normalized spacial score (nSPS) is 11.8. The summed E-state index contributed by atoms with van der Waals surface area (Å²) in [6.45, 7) is 15.1. The maximum Gasteiger partial charge on any atom is 0.238 e. The first-order valence-corrected chi connectivity index (χ1v) is 12.3. The molecule has 0 aliphatic heterocycles. The summed E-state index contributed by atoms with van der Waals surface area (Å²) < 4.78 is 8.05. The summed E-state index contributed by atoms with van der Waals surface area (Å²) in [4.78, 5) is 18.1. The fraction of sp³-hybridized carbons (Fsp3) is 0.194. The lowest BCUT2D eigenvalue weighted by atomic mass is 9.64. The Hall–Kier alpha value is -4.57.